The van der Waals surface area contributed by atoms with Gasteiger partial charge in [0, 0.05) is 12.7 Å². The van der Waals surface area contributed by atoms with Crippen LogP contribution in [0.5, 0.6) is 0 Å². The van der Waals surface area contributed by atoms with Gasteiger partial charge in [-0.1, -0.05) is 48.5 Å². The Kier molecular flexibility index (Phi) is 4.34. The molecule has 0 radical (unpaired) electrons. The predicted octanol–water partition coefficient (Wildman–Crippen LogP) is 4.06. The van der Waals surface area contributed by atoms with E-state index < -0.39 is 5.97 Å². The zero-order valence-electron chi connectivity index (χ0n) is 12.4. The smallest absolute Gasteiger partial charge is 0.336 e. The molecular weight excluding hydrogens is 288 g/mol. The van der Waals surface area contributed by atoms with E-state index in [2.05, 4.69) is 10.3 Å². The first-order chi connectivity index (χ1) is 11.2. The molecule has 0 aliphatic rings. The number of pyridine rings is 1. The minimum atomic E-state index is -0.915. The lowest BCUT2D eigenvalue weighted by Crippen LogP contribution is -2.01. The molecule has 23 heavy (non-hydrogen) atoms. The number of rotatable bonds is 5. The molecule has 0 unspecified atom stereocenters. The summed E-state index contributed by atoms with van der Waals surface area (Å²) in [5, 5.41) is 12.5. The van der Waals surface area contributed by atoms with Gasteiger partial charge in [0.1, 0.15) is 5.82 Å². The topological polar surface area (TPSA) is 62.2 Å². The van der Waals surface area contributed by atoms with Crippen molar-refractivity contribution in [3.8, 4) is 11.1 Å². The number of carboxylic acids is 1. The summed E-state index contributed by atoms with van der Waals surface area (Å²) in [5.41, 5.74) is 3.04. The van der Waals surface area contributed by atoms with Crippen molar-refractivity contribution in [2.75, 3.05) is 5.32 Å². The molecule has 0 aliphatic heterocycles. The van der Waals surface area contributed by atoms with E-state index in [4.69, 9.17) is 0 Å². The third-order valence-corrected chi connectivity index (χ3v) is 3.56. The SMILES string of the molecule is O=C(O)c1ccccc1-c1ccc(CNc2ccccn2)cc1. The van der Waals surface area contributed by atoms with E-state index >= 15 is 0 Å². The summed E-state index contributed by atoms with van der Waals surface area (Å²) in [7, 11) is 0. The molecule has 0 bridgehead atoms. The van der Waals surface area contributed by atoms with Crippen LogP contribution in [0.25, 0.3) is 11.1 Å². The van der Waals surface area contributed by atoms with Crippen molar-refractivity contribution in [2.45, 2.75) is 6.54 Å². The van der Waals surface area contributed by atoms with Gasteiger partial charge in [0.25, 0.3) is 0 Å². The summed E-state index contributed by atoms with van der Waals surface area (Å²) in [6.07, 6.45) is 1.74. The van der Waals surface area contributed by atoms with Crippen molar-refractivity contribution in [1.82, 2.24) is 4.98 Å². The maximum Gasteiger partial charge on any atom is 0.336 e. The highest BCUT2D eigenvalue weighted by Crippen LogP contribution is 2.24. The maximum atomic E-state index is 11.3. The van der Waals surface area contributed by atoms with Crippen LogP contribution in [0, 0.1) is 0 Å². The van der Waals surface area contributed by atoms with Gasteiger partial charge in [-0.2, -0.15) is 0 Å². The first-order valence-corrected chi connectivity index (χ1v) is 7.30. The summed E-state index contributed by atoms with van der Waals surface area (Å²) < 4.78 is 0. The minimum absolute atomic E-state index is 0.312. The molecular formula is C19H16N2O2. The molecule has 114 valence electrons. The van der Waals surface area contributed by atoms with Crippen molar-refractivity contribution >= 4 is 11.8 Å². The summed E-state index contributed by atoms with van der Waals surface area (Å²) in [5.74, 6) is -0.0886. The van der Waals surface area contributed by atoms with Gasteiger partial charge in [0.15, 0.2) is 0 Å². The molecule has 2 N–H and O–H groups in total. The molecule has 4 nitrogen and oxygen atoms in total. The molecule has 4 heteroatoms. The van der Waals surface area contributed by atoms with E-state index in [9.17, 15) is 9.90 Å². The Bertz CT molecular complexity index is 799. The molecule has 0 atom stereocenters. The number of benzene rings is 2. The second-order valence-electron chi connectivity index (χ2n) is 5.12. The van der Waals surface area contributed by atoms with Crippen molar-refractivity contribution < 1.29 is 9.90 Å². The molecule has 1 aromatic heterocycles. The fourth-order valence-corrected chi connectivity index (χ4v) is 2.38. The summed E-state index contributed by atoms with van der Waals surface area (Å²) in [6, 6.07) is 20.6. The third-order valence-electron chi connectivity index (χ3n) is 3.56. The fourth-order valence-electron chi connectivity index (χ4n) is 2.38. The van der Waals surface area contributed by atoms with Gasteiger partial charge in [-0.15, -0.1) is 0 Å². The molecule has 0 spiro atoms. The lowest BCUT2D eigenvalue weighted by atomic mass is 9.99. The van der Waals surface area contributed by atoms with Crippen molar-refractivity contribution in [1.29, 1.82) is 0 Å². The van der Waals surface area contributed by atoms with Gasteiger partial charge in [0.2, 0.25) is 0 Å². The second kappa shape index (κ2) is 6.75. The van der Waals surface area contributed by atoms with Crippen LogP contribution in [0.2, 0.25) is 0 Å². The number of anilines is 1. The quantitative estimate of drug-likeness (QED) is 0.746. The number of hydrogen-bond acceptors (Lipinski definition) is 3. The molecule has 0 fully saturated rings. The highest BCUT2D eigenvalue weighted by molar-refractivity contribution is 5.95. The number of nitrogens with zero attached hydrogens (tertiary/aromatic N) is 1. The Balaban J connectivity index is 1.76. The zero-order chi connectivity index (χ0) is 16.1. The number of carbonyl (C=O) groups is 1. The number of nitrogens with one attached hydrogen (secondary N) is 1. The van der Waals surface area contributed by atoms with Crippen molar-refractivity contribution in [3.63, 3.8) is 0 Å². The fraction of sp³-hybridized carbons (Fsp3) is 0.0526. The molecule has 0 saturated carbocycles. The van der Waals surface area contributed by atoms with Gasteiger partial charge >= 0.3 is 5.97 Å². The average molecular weight is 304 g/mol. The van der Waals surface area contributed by atoms with Crippen LogP contribution in [0.4, 0.5) is 5.82 Å². The second-order valence-corrected chi connectivity index (χ2v) is 5.12. The average Bonchev–Trinajstić information content (AvgIpc) is 2.61. The zero-order valence-corrected chi connectivity index (χ0v) is 12.4. The van der Waals surface area contributed by atoms with Crippen LogP contribution >= 0.6 is 0 Å². The molecule has 3 aromatic rings. The van der Waals surface area contributed by atoms with Crippen LogP contribution in [-0.4, -0.2) is 16.1 Å². The molecule has 0 amide bonds. The Hall–Kier alpha value is -3.14. The first-order valence-electron chi connectivity index (χ1n) is 7.30. The monoisotopic (exact) mass is 304 g/mol. The van der Waals surface area contributed by atoms with Crippen LogP contribution in [-0.2, 0) is 6.54 Å². The predicted molar refractivity (Wildman–Crippen MR) is 90.4 cm³/mol. The van der Waals surface area contributed by atoms with Crippen LogP contribution in [0.15, 0.2) is 72.9 Å². The van der Waals surface area contributed by atoms with Crippen molar-refractivity contribution in [2.24, 2.45) is 0 Å². The van der Waals surface area contributed by atoms with E-state index in [0.717, 1.165) is 22.5 Å². The Morgan fingerprint density at radius 3 is 2.39 bits per heavy atom. The number of carboxylic acid groups (broad SMARTS) is 1. The lowest BCUT2D eigenvalue weighted by molar-refractivity contribution is 0.0697. The summed E-state index contributed by atoms with van der Waals surface area (Å²) >= 11 is 0. The van der Waals surface area contributed by atoms with Crippen LogP contribution in [0.1, 0.15) is 15.9 Å². The van der Waals surface area contributed by atoms with Crippen LogP contribution < -0.4 is 5.32 Å². The number of aromatic nitrogens is 1. The van der Waals surface area contributed by atoms with E-state index in [1.165, 1.54) is 0 Å². The summed E-state index contributed by atoms with van der Waals surface area (Å²) in [6.45, 7) is 0.665. The van der Waals surface area contributed by atoms with E-state index in [1.54, 1.807) is 18.3 Å². The van der Waals surface area contributed by atoms with Gasteiger partial charge in [0.05, 0.1) is 5.56 Å². The molecule has 2 aromatic carbocycles. The maximum absolute atomic E-state index is 11.3. The highest BCUT2D eigenvalue weighted by atomic mass is 16.4. The molecule has 0 saturated heterocycles. The van der Waals surface area contributed by atoms with Gasteiger partial charge in [-0.3, -0.25) is 0 Å². The highest BCUT2D eigenvalue weighted by Gasteiger charge is 2.10. The van der Waals surface area contributed by atoms with Gasteiger partial charge in [-0.05, 0) is 34.9 Å². The third kappa shape index (κ3) is 3.55. The van der Waals surface area contributed by atoms with Crippen LogP contribution in [0.3, 0.4) is 0 Å². The lowest BCUT2D eigenvalue weighted by Gasteiger charge is -2.08. The Labute approximate surface area is 134 Å². The molecule has 3 rings (SSSR count). The first kappa shape index (κ1) is 14.8. The standard InChI is InChI=1S/C19H16N2O2/c22-19(23)17-6-2-1-5-16(17)15-10-8-14(9-11-15)13-21-18-7-3-4-12-20-18/h1-12H,13H2,(H,20,21)(H,22,23). The number of aromatic carboxylic acids is 1. The molecule has 0 aliphatic carbocycles. The molecule has 1 heterocycles. The normalized spacial score (nSPS) is 10.3. The van der Waals surface area contributed by atoms with Gasteiger partial charge < -0.3 is 10.4 Å². The number of hydrogen-bond donors (Lipinski definition) is 2. The minimum Gasteiger partial charge on any atom is -0.478 e. The van der Waals surface area contributed by atoms with E-state index in [0.29, 0.717) is 12.1 Å². The van der Waals surface area contributed by atoms with Gasteiger partial charge in [-0.25, -0.2) is 9.78 Å². The largest absolute Gasteiger partial charge is 0.478 e. The van der Waals surface area contributed by atoms with Crippen molar-refractivity contribution in [3.05, 3.63) is 84.1 Å². The van der Waals surface area contributed by atoms with E-state index in [-0.39, 0.29) is 0 Å². The summed E-state index contributed by atoms with van der Waals surface area (Å²) in [4.78, 5) is 15.5. The Morgan fingerprint density at radius 2 is 1.70 bits per heavy atom. The Morgan fingerprint density at radius 1 is 0.957 bits per heavy atom. The van der Waals surface area contributed by atoms with E-state index in [1.807, 2.05) is 54.6 Å².